The van der Waals surface area contributed by atoms with E-state index in [9.17, 15) is 9.18 Å². The summed E-state index contributed by atoms with van der Waals surface area (Å²) in [7, 11) is 0. The number of amides is 1. The van der Waals surface area contributed by atoms with Crippen LogP contribution in [0, 0.1) is 5.82 Å². The molecule has 0 saturated carbocycles. The molecular formula is C12H15BrFN3O. The number of piperazine rings is 1. The molecule has 98 valence electrons. The summed E-state index contributed by atoms with van der Waals surface area (Å²) in [6, 6.07) is 2.70. The van der Waals surface area contributed by atoms with Crippen LogP contribution in [0.4, 0.5) is 4.39 Å². The Morgan fingerprint density at radius 3 is 2.61 bits per heavy atom. The second-order valence-corrected chi connectivity index (χ2v) is 4.98. The van der Waals surface area contributed by atoms with Crippen molar-refractivity contribution >= 4 is 21.8 Å². The molecule has 1 aliphatic rings. The molecule has 2 rings (SSSR count). The Balaban J connectivity index is 1.93. The van der Waals surface area contributed by atoms with Crippen molar-refractivity contribution in [2.75, 3.05) is 38.1 Å². The van der Waals surface area contributed by atoms with Crippen LogP contribution >= 0.6 is 15.9 Å². The molecule has 0 aromatic carbocycles. The van der Waals surface area contributed by atoms with E-state index >= 15 is 0 Å². The molecule has 1 saturated heterocycles. The molecule has 18 heavy (non-hydrogen) atoms. The Morgan fingerprint density at radius 1 is 1.33 bits per heavy atom. The number of pyridine rings is 1. The van der Waals surface area contributed by atoms with Gasteiger partial charge in [0.1, 0.15) is 11.5 Å². The highest BCUT2D eigenvalue weighted by molar-refractivity contribution is 9.09. The van der Waals surface area contributed by atoms with Crippen molar-refractivity contribution in [3.05, 3.63) is 29.8 Å². The van der Waals surface area contributed by atoms with E-state index in [4.69, 9.17) is 0 Å². The summed E-state index contributed by atoms with van der Waals surface area (Å²) >= 11 is 3.40. The molecule has 2 heterocycles. The number of carbonyl (C=O) groups excluding carboxylic acids is 1. The SMILES string of the molecule is O=C(c1ccc(F)cn1)N1CCN(CCBr)CC1. The number of hydrogen-bond acceptors (Lipinski definition) is 3. The Morgan fingerprint density at radius 2 is 2.06 bits per heavy atom. The minimum absolute atomic E-state index is 0.117. The minimum Gasteiger partial charge on any atom is -0.335 e. The Kier molecular flexibility index (Phi) is 4.66. The molecule has 0 bridgehead atoms. The zero-order valence-corrected chi connectivity index (χ0v) is 11.6. The van der Waals surface area contributed by atoms with Crippen molar-refractivity contribution in [3.8, 4) is 0 Å². The molecule has 0 aliphatic carbocycles. The van der Waals surface area contributed by atoms with Gasteiger partial charge >= 0.3 is 0 Å². The highest BCUT2D eigenvalue weighted by atomic mass is 79.9. The van der Waals surface area contributed by atoms with Gasteiger partial charge in [0.15, 0.2) is 0 Å². The van der Waals surface area contributed by atoms with E-state index in [2.05, 4.69) is 25.8 Å². The first-order chi connectivity index (χ1) is 8.70. The van der Waals surface area contributed by atoms with Gasteiger partial charge in [-0.3, -0.25) is 9.69 Å². The lowest BCUT2D eigenvalue weighted by Crippen LogP contribution is -2.49. The predicted molar refractivity (Wildman–Crippen MR) is 70.3 cm³/mol. The Hall–Kier alpha value is -1.01. The normalized spacial score (nSPS) is 16.9. The maximum atomic E-state index is 12.7. The standard InChI is InChI=1S/C12H15BrFN3O/c13-3-4-16-5-7-17(8-6-16)12(18)11-2-1-10(14)9-15-11/h1-2,9H,3-8H2. The predicted octanol–water partition coefficient (Wildman–Crippen LogP) is 1.37. The van der Waals surface area contributed by atoms with E-state index in [1.165, 1.54) is 12.1 Å². The molecule has 4 nitrogen and oxygen atoms in total. The number of nitrogens with zero attached hydrogens (tertiary/aromatic N) is 3. The summed E-state index contributed by atoms with van der Waals surface area (Å²) in [5, 5.41) is 0.945. The van der Waals surface area contributed by atoms with Gasteiger partial charge in [-0.25, -0.2) is 9.37 Å². The van der Waals surface area contributed by atoms with Gasteiger partial charge in [-0.1, -0.05) is 15.9 Å². The van der Waals surface area contributed by atoms with Gasteiger partial charge in [0.25, 0.3) is 5.91 Å². The second-order valence-electron chi connectivity index (χ2n) is 4.18. The first kappa shape index (κ1) is 13.4. The third-order valence-electron chi connectivity index (χ3n) is 3.01. The van der Waals surface area contributed by atoms with Crippen molar-refractivity contribution in [2.45, 2.75) is 0 Å². The number of carbonyl (C=O) groups is 1. The van der Waals surface area contributed by atoms with Crippen LogP contribution in [0.15, 0.2) is 18.3 Å². The van der Waals surface area contributed by atoms with Crippen molar-refractivity contribution in [1.29, 1.82) is 0 Å². The molecule has 0 spiro atoms. The van der Waals surface area contributed by atoms with E-state index in [1.54, 1.807) is 4.90 Å². The van der Waals surface area contributed by atoms with Crippen molar-refractivity contribution in [2.24, 2.45) is 0 Å². The van der Waals surface area contributed by atoms with Crippen molar-refractivity contribution in [3.63, 3.8) is 0 Å². The number of halogens is 2. The molecule has 1 aromatic rings. The van der Waals surface area contributed by atoms with Crippen molar-refractivity contribution < 1.29 is 9.18 Å². The quantitative estimate of drug-likeness (QED) is 0.791. The lowest BCUT2D eigenvalue weighted by Gasteiger charge is -2.34. The van der Waals surface area contributed by atoms with Gasteiger partial charge < -0.3 is 4.90 Å². The Bertz CT molecular complexity index is 404. The third-order valence-corrected chi connectivity index (χ3v) is 3.36. The van der Waals surface area contributed by atoms with Crippen LogP contribution in [0.2, 0.25) is 0 Å². The zero-order chi connectivity index (χ0) is 13.0. The van der Waals surface area contributed by atoms with Gasteiger partial charge in [0.05, 0.1) is 6.20 Å². The van der Waals surface area contributed by atoms with Crippen LogP contribution < -0.4 is 0 Å². The number of aromatic nitrogens is 1. The highest BCUT2D eigenvalue weighted by Crippen LogP contribution is 2.07. The van der Waals surface area contributed by atoms with Crippen LogP contribution in [0.1, 0.15) is 10.5 Å². The van der Waals surface area contributed by atoms with Gasteiger partial charge in [0.2, 0.25) is 0 Å². The minimum atomic E-state index is -0.423. The van der Waals surface area contributed by atoms with E-state index in [0.717, 1.165) is 31.2 Å². The average molecular weight is 316 g/mol. The van der Waals surface area contributed by atoms with Crippen LogP contribution in [0.5, 0.6) is 0 Å². The molecular weight excluding hydrogens is 301 g/mol. The smallest absolute Gasteiger partial charge is 0.272 e. The average Bonchev–Trinajstić information content (AvgIpc) is 2.40. The van der Waals surface area contributed by atoms with Gasteiger partial charge in [-0.15, -0.1) is 0 Å². The first-order valence-electron chi connectivity index (χ1n) is 5.90. The van der Waals surface area contributed by atoms with Gasteiger partial charge in [-0.05, 0) is 12.1 Å². The summed E-state index contributed by atoms with van der Waals surface area (Å²) in [5.41, 5.74) is 0.311. The molecule has 1 aromatic heterocycles. The maximum absolute atomic E-state index is 12.7. The largest absolute Gasteiger partial charge is 0.335 e. The first-order valence-corrected chi connectivity index (χ1v) is 7.02. The third kappa shape index (κ3) is 3.26. The fourth-order valence-corrected chi connectivity index (χ4v) is 2.46. The zero-order valence-electron chi connectivity index (χ0n) is 9.98. The molecule has 0 unspecified atom stereocenters. The van der Waals surface area contributed by atoms with Gasteiger partial charge in [0, 0.05) is 38.1 Å². The molecule has 0 radical (unpaired) electrons. The lowest BCUT2D eigenvalue weighted by molar-refractivity contribution is 0.0639. The molecule has 0 atom stereocenters. The lowest BCUT2D eigenvalue weighted by atomic mass is 10.2. The number of alkyl halides is 1. The molecule has 6 heteroatoms. The summed E-state index contributed by atoms with van der Waals surface area (Å²) < 4.78 is 12.7. The van der Waals surface area contributed by atoms with Crippen LogP contribution in [-0.2, 0) is 0 Å². The van der Waals surface area contributed by atoms with Gasteiger partial charge in [-0.2, -0.15) is 0 Å². The van der Waals surface area contributed by atoms with E-state index in [1.807, 2.05) is 0 Å². The molecule has 0 N–H and O–H groups in total. The van der Waals surface area contributed by atoms with Crippen LogP contribution in [-0.4, -0.2) is 58.7 Å². The summed E-state index contributed by atoms with van der Waals surface area (Å²) in [6.45, 7) is 4.14. The molecule has 1 fully saturated rings. The summed E-state index contributed by atoms with van der Waals surface area (Å²) in [4.78, 5) is 20.0. The summed E-state index contributed by atoms with van der Waals surface area (Å²) in [5.74, 6) is -0.540. The molecule has 1 aliphatic heterocycles. The fraction of sp³-hybridized carbons (Fsp3) is 0.500. The van der Waals surface area contributed by atoms with E-state index < -0.39 is 5.82 Å². The Labute approximate surface area is 114 Å². The summed E-state index contributed by atoms with van der Waals surface area (Å²) in [6.07, 6.45) is 1.08. The topological polar surface area (TPSA) is 36.4 Å². The van der Waals surface area contributed by atoms with Crippen LogP contribution in [0.3, 0.4) is 0 Å². The van der Waals surface area contributed by atoms with E-state index in [0.29, 0.717) is 18.8 Å². The molecule has 1 amide bonds. The fourth-order valence-electron chi connectivity index (χ4n) is 1.96. The monoisotopic (exact) mass is 315 g/mol. The number of rotatable bonds is 3. The van der Waals surface area contributed by atoms with Crippen LogP contribution in [0.25, 0.3) is 0 Å². The highest BCUT2D eigenvalue weighted by Gasteiger charge is 2.22. The second kappa shape index (κ2) is 6.24. The maximum Gasteiger partial charge on any atom is 0.272 e. The van der Waals surface area contributed by atoms with E-state index in [-0.39, 0.29) is 5.91 Å². The number of hydrogen-bond donors (Lipinski definition) is 0. The van der Waals surface area contributed by atoms with Crippen molar-refractivity contribution in [1.82, 2.24) is 14.8 Å².